The standard InChI is InChI=1S/C37H46FN3O8/c1-5-46-35(44)31-20-26-19-27(15-16-29(26)48-31)39-33(42)32-30(47-22-23-9-7-6-8-10-23)17-18-41(32)34(43)25-13-11-24(12-14-25)28(21-38)40-36(45)49-37(2,3)4/h6-10,15-16,19-20,24-25,28,30,32H,5,11-14,17-18,21-22H2,1-4H3,(H,39,42)(H,40,45)/t24-,25-,28-,30+,32+/m1/s1. The van der Waals surface area contributed by atoms with Crippen molar-refractivity contribution in [1.82, 2.24) is 10.2 Å². The van der Waals surface area contributed by atoms with E-state index in [2.05, 4.69) is 10.6 Å². The van der Waals surface area contributed by atoms with Gasteiger partial charge in [-0.2, -0.15) is 0 Å². The third-order valence-electron chi connectivity index (χ3n) is 9.02. The first-order valence-electron chi connectivity index (χ1n) is 17.0. The second kappa shape index (κ2) is 15.8. The van der Waals surface area contributed by atoms with Gasteiger partial charge in [-0.3, -0.25) is 9.59 Å². The van der Waals surface area contributed by atoms with Crippen LogP contribution in [0, 0.1) is 11.8 Å². The second-order valence-electron chi connectivity index (χ2n) is 13.7. The lowest BCUT2D eigenvalue weighted by Crippen LogP contribution is -2.51. The van der Waals surface area contributed by atoms with Crippen LogP contribution in [0.15, 0.2) is 59.0 Å². The number of anilines is 1. The monoisotopic (exact) mass is 679 g/mol. The molecular weight excluding hydrogens is 633 g/mol. The Balaban J connectivity index is 1.27. The number of carbonyl (C=O) groups is 4. The number of nitrogens with zero attached hydrogens (tertiary/aromatic N) is 1. The summed E-state index contributed by atoms with van der Waals surface area (Å²) in [6, 6.07) is 14.7. The minimum absolute atomic E-state index is 0.0652. The van der Waals surface area contributed by atoms with Crippen molar-refractivity contribution >= 4 is 40.5 Å². The number of amides is 3. The second-order valence-corrected chi connectivity index (χ2v) is 13.7. The Morgan fingerprint density at radius 2 is 1.73 bits per heavy atom. The van der Waals surface area contributed by atoms with Gasteiger partial charge in [0.15, 0.2) is 0 Å². The third kappa shape index (κ3) is 9.17. The van der Waals surface area contributed by atoms with Gasteiger partial charge in [0, 0.05) is 23.5 Å². The maximum absolute atomic E-state index is 14.0. The van der Waals surface area contributed by atoms with E-state index in [9.17, 15) is 23.6 Å². The Hall–Kier alpha value is -4.45. The molecule has 264 valence electrons. The molecule has 3 aromatic rings. The highest BCUT2D eigenvalue weighted by Crippen LogP contribution is 2.35. The van der Waals surface area contributed by atoms with Gasteiger partial charge >= 0.3 is 12.1 Å². The number of carbonyl (C=O) groups excluding carboxylic acids is 4. The fourth-order valence-electron chi connectivity index (χ4n) is 6.66. The molecule has 1 aromatic heterocycles. The Labute approximate surface area is 285 Å². The molecule has 12 heteroatoms. The molecular formula is C37H46FN3O8. The van der Waals surface area contributed by atoms with Crippen LogP contribution in [-0.4, -0.2) is 72.4 Å². The molecule has 3 amide bonds. The van der Waals surface area contributed by atoms with Gasteiger partial charge in [0.2, 0.25) is 17.6 Å². The zero-order chi connectivity index (χ0) is 35.1. The van der Waals surface area contributed by atoms with Gasteiger partial charge in [0.25, 0.3) is 0 Å². The number of alkyl carbamates (subject to hydrolysis) is 1. The molecule has 0 spiro atoms. The number of halogens is 1. The summed E-state index contributed by atoms with van der Waals surface area (Å²) in [5, 5.41) is 6.23. The molecule has 1 saturated carbocycles. The number of hydrogen-bond donors (Lipinski definition) is 2. The van der Waals surface area contributed by atoms with Crippen molar-refractivity contribution in [3.05, 3.63) is 65.9 Å². The predicted octanol–water partition coefficient (Wildman–Crippen LogP) is 6.40. The van der Waals surface area contributed by atoms with Crippen LogP contribution in [0.2, 0.25) is 0 Å². The van der Waals surface area contributed by atoms with Gasteiger partial charge in [0.05, 0.1) is 25.4 Å². The van der Waals surface area contributed by atoms with Crippen molar-refractivity contribution in [2.24, 2.45) is 11.8 Å². The molecule has 0 radical (unpaired) electrons. The van der Waals surface area contributed by atoms with Gasteiger partial charge in [-0.15, -0.1) is 0 Å². The van der Waals surface area contributed by atoms with Crippen molar-refractivity contribution < 1.29 is 42.2 Å². The lowest BCUT2D eigenvalue weighted by atomic mass is 9.78. The van der Waals surface area contributed by atoms with Crippen molar-refractivity contribution in [2.75, 3.05) is 25.1 Å². The normalized spacial score (nSPS) is 21.6. The van der Waals surface area contributed by atoms with Gasteiger partial charge in [-0.05, 0) is 95.5 Å². The van der Waals surface area contributed by atoms with Gasteiger partial charge in [0.1, 0.15) is 23.9 Å². The third-order valence-corrected chi connectivity index (χ3v) is 9.02. The summed E-state index contributed by atoms with van der Waals surface area (Å²) >= 11 is 0. The summed E-state index contributed by atoms with van der Waals surface area (Å²) in [5.74, 6) is -1.50. The molecule has 2 aliphatic rings. The summed E-state index contributed by atoms with van der Waals surface area (Å²) in [6.07, 6.45) is 1.41. The van der Waals surface area contributed by atoms with Crippen molar-refractivity contribution in [1.29, 1.82) is 0 Å². The smallest absolute Gasteiger partial charge is 0.407 e. The van der Waals surface area contributed by atoms with Crippen LogP contribution in [-0.2, 0) is 30.4 Å². The Bertz CT molecular complexity index is 1610. The van der Waals surface area contributed by atoms with Crippen molar-refractivity contribution in [3.63, 3.8) is 0 Å². The molecule has 1 saturated heterocycles. The first kappa shape index (κ1) is 35.8. The molecule has 2 fully saturated rings. The van der Waals surface area contributed by atoms with E-state index in [1.807, 2.05) is 30.3 Å². The van der Waals surface area contributed by atoms with E-state index in [4.69, 9.17) is 18.6 Å². The fourth-order valence-corrected chi connectivity index (χ4v) is 6.66. The molecule has 0 unspecified atom stereocenters. The number of hydrogen-bond acceptors (Lipinski definition) is 8. The molecule has 1 aliphatic carbocycles. The minimum Gasteiger partial charge on any atom is -0.460 e. The number of esters is 1. The van der Waals surface area contributed by atoms with E-state index < -0.39 is 42.5 Å². The van der Waals surface area contributed by atoms with E-state index in [1.54, 1.807) is 56.9 Å². The zero-order valence-corrected chi connectivity index (χ0v) is 28.5. The molecule has 1 aliphatic heterocycles. The van der Waals surface area contributed by atoms with Gasteiger partial charge in [-0.1, -0.05) is 30.3 Å². The number of ether oxygens (including phenoxy) is 3. The molecule has 49 heavy (non-hydrogen) atoms. The number of furan rings is 1. The summed E-state index contributed by atoms with van der Waals surface area (Å²) in [7, 11) is 0. The first-order valence-corrected chi connectivity index (χ1v) is 17.0. The molecule has 5 rings (SSSR count). The number of rotatable bonds is 11. The Morgan fingerprint density at radius 3 is 2.41 bits per heavy atom. The predicted molar refractivity (Wildman–Crippen MR) is 181 cm³/mol. The van der Waals surface area contributed by atoms with Crippen LogP contribution < -0.4 is 10.6 Å². The highest BCUT2D eigenvalue weighted by molar-refractivity contribution is 6.00. The van der Waals surface area contributed by atoms with Crippen molar-refractivity contribution in [3.8, 4) is 0 Å². The maximum Gasteiger partial charge on any atom is 0.407 e. The molecule has 0 bridgehead atoms. The zero-order valence-electron chi connectivity index (χ0n) is 28.5. The van der Waals surface area contributed by atoms with Crippen LogP contribution in [0.1, 0.15) is 75.9 Å². The molecule has 11 nitrogen and oxygen atoms in total. The van der Waals surface area contributed by atoms with E-state index in [0.29, 0.717) is 55.3 Å². The molecule has 2 aromatic carbocycles. The number of likely N-dealkylation sites (tertiary alicyclic amines) is 1. The van der Waals surface area contributed by atoms with Crippen LogP contribution >= 0.6 is 0 Å². The average Bonchev–Trinajstić information content (AvgIpc) is 3.70. The number of fused-ring (bicyclic) bond motifs is 1. The summed E-state index contributed by atoms with van der Waals surface area (Å²) in [5.41, 5.74) is 1.20. The fraction of sp³-hybridized carbons (Fsp3) is 0.514. The molecule has 2 heterocycles. The van der Waals surface area contributed by atoms with Gasteiger partial charge < -0.3 is 34.2 Å². The van der Waals surface area contributed by atoms with Crippen LogP contribution in [0.5, 0.6) is 0 Å². The molecule has 2 N–H and O–H groups in total. The number of alkyl halides is 1. The highest BCUT2D eigenvalue weighted by atomic mass is 19.1. The van der Waals surface area contributed by atoms with Crippen LogP contribution in [0.25, 0.3) is 11.0 Å². The Kier molecular flexibility index (Phi) is 11.6. The Morgan fingerprint density at radius 1 is 1.00 bits per heavy atom. The van der Waals surface area contributed by atoms with E-state index in [1.165, 1.54) is 0 Å². The highest BCUT2D eigenvalue weighted by Gasteiger charge is 2.45. The van der Waals surface area contributed by atoms with Crippen LogP contribution in [0.4, 0.5) is 14.9 Å². The van der Waals surface area contributed by atoms with E-state index in [-0.39, 0.29) is 42.6 Å². The quantitative estimate of drug-likeness (QED) is 0.222. The summed E-state index contributed by atoms with van der Waals surface area (Å²) in [4.78, 5) is 54.1. The number of benzene rings is 2. The first-order chi connectivity index (χ1) is 23.5. The SMILES string of the molecule is CCOC(=O)c1cc2cc(NC(=O)[C@@H]3[C@@H](OCc4ccccc4)CCN3C(=O)[C@H]3CC[C@H]([C@@H](CF)NC(=O)OC(C)(C)C)CC3)ccc2o1. The van der Waals surface area contributed by atoms with Crippen LogP contribution in [0.3, 0.4) is 0 Å². The van der Waals surface area contributed by atoms with Crippen molar-refractivity contribution in [2.45, 2.75) is 90.2 Å². The lowest BCUT2D eigenvalue weighted by molar-refractivity contribution is -0.144. The topological polar surface area (TPSA) is 136 Å². The molecule has 3 atom stereocenters. The maximum atomic E-state index is 14.0. The lowest BCUT2D eigenvalue weighted by Gasteiger charge is -2.35. The van der Waals surface area contributed by atoms with E-state index >= 15 is 0 Å². The minimum atomic E-state index is -0.878. The summed E-state index contributed by atoms with van der Waals surface area (Å²) < 4.78 is 36.2. The largest absolute Gasteiger partial charge is 0.460 e. The average molecular weight is 680 g/mol. The number of nitrogens with one attached hydrogen (secondary N) is 2. The summed E-state index contributed by atoms with van der Waals surface area (Å²) in [6.45, 7) is 7.08. The van der Waals surface area contributed by atoms with E-state index in [0.717, 1.165) is 5.56 Å². The van der Waals surface area contributed by atoms with Gasteiger partial charge in [-0.25, -0.2) is 14.0 Å².